The Morgan fingerprint density at radius 3 is 3.06 bits per heavy atom. The predicted octanol–water partition coefficient (Wildman–Crippen LogP) is 2.38. The summed E-state index contributed by atoms with van der Waals surface area (Å²) >= 11 is 0. The normalized spacial score (nSPS) is 22.1. The number of carbonyl (C=O) groups is 1. The van der Waals surface area contributed by atoms with Crippen molar-refractivity contribution in [2.24, 2.45) is 5.92 Å². The average molecular weight is 236 g/mol. The first-order valence-electron chi connectivity index (χ1n) is 6.05. The maximum absolute atomic E-state index is 11.2. The molecule has 1 N–H and O–H groups in total. The van der Waals surface area contributed by atoms with Crippen LogP contribution >= 0.6 is 0 Å². The van der Waals surface area contributed by atoms with Gasteiger partial charge in [-0.2, -0.15) is 0 Å². The van der Waals surface area contributed by atoms with Gasteiger partial charge in [0.05, 0.1) is 6.10 Å². The number of allylic oxidation sites excluding steroid dienone is 4. The van der Waals surface area contributed by atoms with Crippen LogP contribution in [-0.4, -0.2) is 23.8 Å². The van der Waals surface area contributed by atoms with Gasteiger partial charge in [0.15, 0.2) is 0 Å². The number of aliphatic hydroxyl groups is 1. The first-order valence-corrected chi connectivity index (χ1v) is 6.05. The lowest BCUT2D eigenvalue weighted by Gasteiger charge is -2.21. The third kappa shape index (κ3) is 5.50. The molecule has 0 spiro atoms. The third-order valence-electron chi connectivity index (χ3n) is 2.72. The summed E-state index contributed by atoms with van der Waals surface area (Å²) in [5, 5.41) is 9.83. The van der Waals surface area contributed by atoms with Gasteiger partial charge in [-0.3, -0.25) is 0 Å². The summed E-state index contributed by atoms with van der Waals surface area (Å²) in [6.07, 6.45) is 13.2. The lowest BCUT2D eigenvalue weighted by atomic mass is 9.91. The average Bonchev–Trinajstić information content (AvgIpc) is 2.37. The Morgan fingerprint density at radius 2 is 2.41 bits per heavy atom. The molecule has 2 atom stereocenters. The number of hydrogen-bond donors (Lipinski definition) is 1. The van der Waals surface area contributed by atoms with Gasteiger partial charge in [0.2, 0.25) is 0 Å². The van der Waals surface area contributed by atoms with E-state index in [9.17, 15) is 9.90 Å². The fraction of sp³-hybridized carbons (Fsp3) is 0.500. The summed E-state index contributed by atoms with van der Waals surface area (Å²) < 4.78 is 4.96. The summed E-state index contributed by atoms with van der Waals surface area (Å²) in [6, 6.07) is 0. The molecule has 3 nitrogen and oxygen atoms in total. The Hall–Kier alpha value is -1.35. The van der Waals surface area contributed by atoms with Crippen molar-refractivity contribution in [3.63, 3.8) is 0 Å². The minimum atomic E-state index is -0.592. The van der Waals surface area contributed by atoms with Gasteiger partial charge in [-0.15, -0.1) is 0 Å². The number of aliphatic hydroxyl groups excluding tert-OH is 1. The van der Waals surface area contributed by atoms with Crippen LogP contribution in [-0.2, 0) is 9.53 Å². The highest BCUT2D eigenvalue weighted by Gasteiger charge is 2.19. The first kappa shape index (κ1) is 13.7. The standard InChI is InChI=1S/C14H20O3/c1-2-3-5-10-14(16)17-11-13(15)12-8-6-4-7-9-12/h2-3,5-6,8,10,12-13,15H,4,7,9,11H2,1H3/b3-2+,10-5+. The monoisotopic (exact) mass is 236 g/mol. The van der Waals surface area contributed by atoms with E-state index in [-0.39, 0.29) is 12.5 Å². The highest BCUT2D eigenvalue weighted by atomic mass is 16.5. The van der Waals surface area contributed by atoms with Gasteiger partial charge in [-0.1, -0.05) is 30.4 Å². The zero-order valence-electron chi connectivity index (χ0n) is 10.2. The van der Waals surface area contributed by atoms with E-state index in [1.54, 1.807) is 12.2 Å². The summed E-state index contributed by atoms with van der Waals surface area (Å²) in [4.78, 5) is 11.2. The Morgan fingerprint density at radius 1 is 1.59 bits per heavy atom. The van der Waals surface area contributed by atoms with Gasteiger partial charge in [0.25, 0.3) is 0 Å². The summed E-state index contributed by atoms with van der Waals surface area (Å²) in [5.41, 5.74) is 0. The Labute approximate surface area is 102 Å². The third-order valence-corrected chi connectivity index (χ3v) is 2.72. The van der Waals surface area contributed by atoms with E-state index < -0.39 is 12.1 Å². The van der Waals surface area contributed by atoms with Crippen molar-refractivity contribution < 1.29 is 14.6 Å². The largest absolute Gasteiger partial charge is 0.460 e. The van der Waals surface area contributed by atoms with E-state index in [1.807, 2.05) is 19.1 Å². The molecule has 1 aliphatic rings. The molecule has 1 aliphatic carbocycles. The molecular formula is C14H20O3. The maximum Gasteiger partial charge on any atom is 0.330 e. The number of carbonyl (C=O) groups excluding carboxylic acids is 1. The molecule has 0 amide bonds. The van der Waals surface area contributed by atoms with Crippen molar-refractivity contribution in [3.8, 4) is 0 Å². The molecule has 1 rings (SSSR count). The molecular weight excluding hydrogens is 216 g/mol. The van der Waals surface area contributed by atoms with Crippen LogP contribution in [0.3, 0.4) is 0 Å². The van der Waals surface area contributed by atoms with Crippen molar-refractivity contribution in [1.29, 1.82) is 0 Å². The highest BCUT2D eigenvalue weighted by Crippen LogP contribution is 2.20. The van der Waals surface area contributed by atoms with Crippen molar-refractivity contribution in [1.82, 2.24) is 0 Å². The smallest absolute Gasteiger partial charge is 0.330 e. The number of rotatable bonds is 5. The summed E-state index contributed by atoms with van der Waals surface area (Å²) in [6.45, 7) is 1.93. The second kappa shape index (κ2) is 7.85. The van der Waals surface area contributed by atoms with Gasteiger partial charge < -0.3 is 9.84 Å². The van der Waals surface area contributed by atoms with Crippen molar-refractivity contribution in [3.05, 3.63) is 36.5 Å². The quantitative estimate of drug-likeness (QED) is 0.345. The fourth-order valence-corrected chi connectivity index (χ4v) is 1.74. The van der Waals surface area contributed by atoms with E-state index in [4.69, 9.17) is 4.74 Å². The van der Waals surface area contributed by atoms with Crippen molar-refractivity contribution in [2.45, 2.75) is 32.3 Å². The van der Waals surface area contributed by atoms with Crippen LogP contribution in [0.2, 0.25) is 0 Å². The molecule has 0 bridgehead atoms. The van der Waals surface area contributed by atoms with E-state index >= 15 is 0 Å². The lowest BCUT2D eigenvalue weighted by molar-refractivity contribution is -0.141. The Bertz CT molecular complexity index is 315. The molecule has 94 valence electrons. The molecule has 2 unspecified atom stereocenters. The molecule has 0 aromatic heterocycles. The summed E-state index contributed by atoms with van der Waals surface area (Å²) in [7, 11) is 0. The fourth-order valence-electron chi connectivity index (χ4n) is 1.74. The van der Waals surface area contributed by atoms with E-state index in [0.717, 1.165) is 19.3 Å². The van der Waals surface area contributed by atoms with Crippen LogP contribution in [0.15, 0.2) is 36.5 Å². The summed E-state index contributed by atoms with van der Waals surface area (Å²) in [5.74, 6) is -0.294. The lowest BCUT2D eigenvalue weighted by Crippen LogP contribution is -2.26. The van der Waals surface area contributed by atoms with Gasteiger partial charge in [0.1, 0.15) is 6.61 Å². The molecule has 0 radical (unpaired) electrons. The molecule has 0 fully saturated rings. The molecule has 17 heavy (non-hydrogen) atoms. The van der Waals surface area contributed by atoms with E-state index in [1.165, 1.54) is 6.08 Å². The molecule has 3 heteroatoms. The molecule has 0 aliphatic heterocycles. The van der Waals surface area contributed by atoms with Crippen molar-refractivity contribution >= 4 is 5.97 Å². The predicted molar refractivity (Wildman–Crippen MR) is 67.4 cm³/mol. The number of ether oxygens (including phenoxy) is 1. The van der Waals surface area contributed by atoms with Crippen molar-refractivity contribution in [2.75, 3.05) is 6.61 Å². The first-order chi connectivity index (χ1) is 8.24. The Kier molecular flexibility index (Phi) is 6.33. The molecule has 0 saturated carbocycles. The van der Waals surface area contributed by atoms with Crippen LogP contribution in [0.1, 0.15) is 26.2 Å². The Balaban J connectivity index is 2.27. The van der Waals surface area contributed by atoms with Crippen LogP contribution in [0.5, 0.6) is 0 Å². The van der Waals surface area contributed by atoms with E-state index in [2.05, 4.69) is 6.08 Å². The maximum atomic E-state index is 11.2. The van der Waals surface area contributed by atoms with Gasteiger partial charge in [0, 0.05) is 12.0 Å². The van der Waals surface area contributed by atoms with Gasteiger partial charge >= 0.3 is 5.97 Å². The SMILES string of the molecule is C/C=C/C=C/C(=O)OCC(O)C1C=CCCC1. The zero-order valence-corrected chi connectivity index (χ0v) is 10.2. The number of hydrogen-bond acceptors (Lipinski definition) is 3. The number of esters is 1. The van der Waals surface area contributed by atoms with Gasteiger partial charge in [-0.25, -0.2) is 4.79 Å². The van der Waals surface area contributed by atoms with Crippen LogP contribution in [0, 0.1) is 5.92 Å². The topological polar surface area (TPSA) is 46.5 Å². The van der Waals surface area contributed by atoms with Crippen LogP contribution < -0.4 is 0 Å². The minimum Gasteiger partial charge on any atom is -0.460 e. The second-order valence-electron chi connectivity index (χ2n) is 4.11. The molecule has 0 saturated heterocycles. The highest BCUT2D eigenvalue weighted by molar-refractivity contribution is 5.82. The minimum absolute atomic E-state index is 0.0635. The second-order valence-corrected chi connectivity index (χ2v) is 4.11. The van der Waals surface area contributed by atoms with E-state index in [0.29, 0.717) is 0 Å². The van der Waals surface area contributed by atoms with Crippen LogP contribution in [0.4, 0.5) is 0 Å². The molecule has 0 aromatic carbocycles. The molecule has 0 aromatic rings. The van der Waals surface area contributed by atoms with Crippen LogP contribution in [0.25, 0.3) is 0 Å². The zero-order chi connectivity index (χ0) is 12.5. The van der Waals surface area contributed by atoms with Gasteiger partial charge in [-0.05, 0) is 26.2 Å². The molecule has 0 heterocycles.